The van der Waals surface area contributed by atoms with Crippen molar-refractivity contribution in [2.75, 3.05) is 13.6 Å². The Labute approximate surface area is 98.3 Å². The molecule has 0 aromatic heterocycles. The van der Waals surface area contributed by atoms with Gasteiger partial charge in [0.25, 0.3) is 0 Å². The molecule has 1 aliphatic carbocycles. The number of likely N-dealkylation sites (N-methyl/N-ethyl adjacent to an activating group) is 1. The van der Waals surface area contributed by atoms with E-state index in [4.69, 9.17) is 11.5 Å². The third-order valence-corrected chi connectivity index (χ3v) is 4.16. The minimum absolute atomic E-state index is 0.0506. The standard InChI is InChI=1S/C12H25N3O/c1-5-11(2,3)15(4)8-12(14,10(13)16)9-6-7-9/h9H,5-8,14H2,1-4H3,(H2,13,16). The molecule has 4 N–H and O–H groups in total. The summed E-state index contributed by atoms with van der Waals surface area (Å²) in [6.45, 7) is 6.99. The molecule has 0 radical (unpaired) electrons. The van der Waals surface area contributed by atoms with E-state index in [1.54, 1.807) is 0 Å². The van der Waals surface area contributed by atoms with Crippen LogP contribution >= 0.6 is 0 Å². The van der Waals surface area contributed by atoms with Crippen LogP contribution in [0, 0.1) is 5.92 Å². The Kier molecular flexibility index (Phi) is 3.65. The molecule has 0 aromatic carbocycles. The van der Waals surface area contributed by atoms with Crippen molar-refractivity contribution in [1.82, 2.24) is 4.90 Å². The molecule has 1 unspecified atom stereocenters. The van der Waals surface area contributed by atoms with Crippen LogP contribution in [-0.2, 0) is 4.79 Å². The van der Waals surface area contributed by atoms with Gasteiger partial charge in [0.2, 0.25) is 5.91 Å². The molecule has 4 nitrogen and oxygen atoms in total. The molecule has 1 aliphatic rings. The zero-order valence-corrected chi connectivity index (χ0v) is 10.9. The fourth-order valence-electron chi connectivity index (χ4n) is 1.88. The van der Waals surface area contributed by atoms with Gasteiger partial charge in [-0.05, 0) is 46.1 Å². The van der Waals surface area contributed by atoms with Crippen LogP contribution in [0.4, 0.5) is 0 Å². The van der Waals surface area contributed by atoms with E-state index in [9.17, 15) is 4.79 Å². The average Bonchev–Trinajstić information content (AvgIpc) is 3.00. The van der Waals surface area contributed by atoms with Gasteiger partial charge in [-0.15, -0.1) is 0 Å². The molecule has 94 valence electrons. The second-order valence-corrected chi connectivity index (χ2v) is 5.70. The van der Waals surface area contributed by atoms with Crippen molar-refractivity contribution >= 4 is 5.91 Å². The van der Waals surface area contributed by atoms with Gasteiger partial charge >= 0.3 is 0 Å². The fraction of sp³-hybridized carbons (Fsp3) is 0.917. The van der Waals surface area contributed by atoms with Crippen LogP contribution < -0.4 is 11.5 Å². The minimum atomic E-state index is -0.846. The van der Waals surface area contributed by atoms with Crippen molar-refractivity contribution in [1.29, 1.82) is 0 Å². The quantitative estimate of drug-likeness (QED) is 0.701. The summed E-state index contributed by atoms with van der Waals surface area (Å²) in [7, 11) is 2.01. The number of amides is 1. The van der Waals surface area contributed by atoms with Crippen molar-refractivity contribution in [3.8, 4) is 0 Å². The van der Waals surface area contributed by atoms with Gasteiger partial charge in [0.15, 0.2) is 0 Å². The topological polar surface area (TPSA) is 72.3 Å². The van der Waals surface area contributed by atoms with Gasteiger partial charge < -0.3 is 11.5 Å². The van der Waals surface area contributed by atoms with Crippen LogP contribution in [0.2, 0.25) is 0 Å². The highest BCUT2D eigenvalue weighted by Crippen LogP contribution is 2.39. The molecular formula is C12H25N3O. The zero-order valence-electron chi connectivity index (χ0n) is 10.9. The summed E-state index contributed by atoms with van der Waals surface area (Å²) in [5.41, 5.74) is 10.8. The second-order valence-electron chi connectivity index (χ2n) is 5.70. The molecular weight excluding hydrogens is 202 g/mol. The maximum absolute atomic E-state index is 11.5. The maximum Gasteiger partial charge on any atom is 0.239 e. The number of hydrogen-bond acceptors (Lipinski definition) is 3. The predicted molar refractivity (Wildman–Crippen MR) is 65.8 cm³/mol. The van der Waals surface area contributed by atoms with Gasteiger partial charge in [-0.2, -0.15) is 0 Å². The largest absolute Gasteiger partial charge is 0.368 e. The summed E-state index contributed by atoms with van der Waals surface area (Å²) in [5, 5.41) is 0. The van der Waals surface area contributed by atoms with Crippen molar-refractivity contribution in [2.45, 2.75) is 51.1 Å². The van der Waals surface area contributed by atoms with Crippen LogP contribution in [0.15, 0.2) is 0 Å². The van der Waals surface area contributed by atoms with E-state index in [1.165, 1.54) is 0 Å². The first kappa shape index (κ1) is 13.5. The molecule has 1 amide bonds. The predicted octanol–water partition coefficient (Wildman–Crippen LogP) is 0.700. The van der Waals surface area contributed by atoms with Gasteiger partial charge in [0.05, 0.1) is 0 Å². The highest BCUT2D eigenvalue weighted by atomic mass is 16.1. The Morgan fingerprint density at radius 1 is 1.44 bits per heavy atom. The molecule has 0 heterocycles. The van der Waals surface area contributed by atoms with Crippen molar-refractivity contribution in [2.24, 2.45) is 17.4 Å². The normalized spacial score (nSPS) is 20.9. The molecule has 0 aliphatic heterocycles. The zero-order chi connectivity index (χ0) is 12.6. The lowest BCUT2D eigenvalue weighted by Gasteiger charge is -2.40. The maximum atomic E-state index is 11.5. The van der Waals surface area contributed by atoms with E-state index in [0.29, 0.717) is 6.54 Å². The highest BCUT2D eigenvalue weighted by Gasteiger charge is 2.48. The van der Waals surface area contributed by atoms with Gasteiger partial charge in [-0.25, -0.2) is 0 Å². The minimum Gasteiger partial charge on any atom is -0.368 e. The number of rotatable bonds is 6. The van der Waals surface area contributed by atoms with Crippen LogP contribution in [0.5, 0.6) is 0 Å². The van der Waals surface area contributed by atoms with Crippen molar-refractivity contribution in [3.05, 3.63) is 0 Å². The summed E-state index contributed by atoms with van der Waals surface area (Å²) < 4.78 is 0. The Bertz CT molecular complexity index is 273. The lowest BCUT2D eigenvalue weighted by molar-refractivity contribution is -0.125. The summed E-state index contributed by atoms with van der Waals surface area (Å²) in [6, 6.07) is 0. The Balaban J connectivity index is 2.73. The number of hydrogen-bond donors (Lipinski definition) is 2. The fourth-order valence-corrected chi connectivity index (χ4v) is 1.88. The van der Waals surface area contributed by atoms with Gasteiger partial charge in [-0.3, -0.25) is 9.69 Å². The van der Waals surface area contributed by atoms with E-state index in [2.05, 4.69) is 25.7 Å². The third-order valence-electron chi connectivity index (χ3n) is 4.16. The summed E-state index contributed by atoms with van der Waals surface area (Å²) in [6.07, 6.45) is 3.07. The molecule has 0 saturated heterocycles. The smallest absolute Gasteiger partial charge is 0.239 e. The summed E-state index contributed by atoms with van der Waals surface area (Å²) in [5.74, 6) is -0.0890. The molecule has 1 atom stereocenters. The van der Waals surface area contributed by atoms with Crippen molar-refractivity contribution in [3.63, 3.8) is 0 Å². The average molecular weight is 227 g/mol. The molecule has 0 bridgehead atoms. The second kappa shape index (κ2) is 4.34. The van der Waals surface area contributed by atoms with E-state index < -0.39 is 5.54 Å². The molecule has 1 saturated carbocycles. The number of nitrogens with zero attached hydrogens (tertiary/aromatic N) is 1. The van der Waals surface area contributed by atoms with Crippen LogP contribution in [0.25, 0.3) is 0 Å². The third kappa shape index (κ3) is 2.55. The van der Waals surface area contributed by atoms with E-state index in [0.717, 1.165) is 19.3 Å². The lowest BCUT2D eigenvalue weighted by Crippen LogP contribution is -2.62. The summed E-state index contributed by atoms with van der Waals surface area (Å²) in [4.78, 5) is 13.7. The Hall–Kier alpha value is -0.610. The van der Waals surface area contributed by atoms with Crippen LogP contribution in [0.3, 0.4) is 0 Å². The number of nitrogens with two attached hydrogens (primary N) is 2. The van der Waals surface area contributed by atoms with E-state index in [-0.39, 0.29) is 17.4 Å². The molecule has 1 rings (SSSR count). The van der Waals surface area contributed by atoms with E-state index >= 15 is 0 Å². The monoisotopic (exact) mass is 227 g/mol. The molecule has 0 aromatic rings. The first-order valence-corrected chi connectivity index (χ1v) is 6.04. The van der Waals surface area contributed by atoms with Gasteiger partial charge in [0, 0.05) is 12.1 Å². The SMILES string of the molecule is CCC(C)(C)N(C)CC(N)(C(N)=O)C1CC1. The first-order valence-electron chi connectivity index (χ1n) is 6.04. The molecule has 0 spiro atoms. The van der Waals surface area contributed by atoms with Gasteiger partial charge in [-0.1, -0.05) is 6.92 Å². The summed E-state index contributed by atoms with van der Waals surface area (Å²) >= 11 is 0. The molecule has 4 heteroatoms. The highest BCUT2D eigenvalue weighted by molar-refractivity contribution is 5.85. The molecule has 16 heavy (non-hydrogen) atoms. The first-order chi connectivity index (χ1) is 7.24. The lowest BCUT2D eigenvalue weighted by atomic mass is 9.90. The Morgan fingerprint density at radius 2 is 1.94 bits per heavy atom. The van der Waals surface area contributed by atoms with Crippen LogP contribution in [-0.4, -0.2) is 35.5 Å². The number of primary amides is 1. The van der Waals surface area contributed by atoms with E-state index in [1.807, 2.05) is 7.05 Å². The molecule has 1 fully saturated rings. The number of carbonyl (C=O) groups is 1. The number of carbonyl (C=O) groups excluding carboxylic acids is 1. The van der Waals surface area contributed by atoms with Crippen molar-refractivity contribution < 1.29 is 4.79 Å². The van der Waals surface area contributed by atoms with Crippen LogP contribution in [0.1, 0.15) is 40.0 Å². The Morgan fingerprint density at radius 3 is 2.25 bits per heavy atom. The van der Waals surface area contributed by atoms with Gasteiger partial charge in [0.1, 0.15) is 5.54 Å².